The van der Waals surface area contributed by atoms with Crippen molar-refractivity contribution in [1.82, 2.24) is 5.32 Å². The molecule has 0 aromatic heterocycles. The molecule has 1 saturated carbocycles. The fraction of sp³-hybridized carbons (Fsp3) is 0.500. The van der Waals surface area contributed by atoms with Gasteiger partial charge < -0.3 is 5.32 Å². The molecule has 1 fully saturated rings. The van der Waals surface area contributed by atoms with Crippen molar-refractivity contribution in [2.45, 2.75) is 38.6 Å². The summed E-state index contributed by atoms with van der Waals surface area (Å²) >= 11 is 5.78. The molecule has 2 atom stereocenters. The quantitative estimate of drug-likeness (QED) is 0.821. The molecule has 0 saturated heterocycles. The monoisotopic (exact) mass is 287 g/mol. The summed E-state index contributed by atoms with van der Waals surface area (Å²) in [6.45, 7) is 2.14. The van der Waals surface area contributed by atoms with Crippen molar-refractivity contribution < 1.29 is 13.6 Å². The summed E-state index contributed by atoms with van der Waals surface area (Å²) in [4.78, 5) is 12.0. The summed E-state index contributed by atoms with van der Waals surface area (Å²) < 4.78 is 26.1. The van der Waals surface area contributed by atoms with Crippen LogP contribution < -0.4 is 5.32 Å². The predicted octanol–water partition coefficient (Wildman–Crippen LogP) is 3.93. The van der Waals surface area contributed by atoms with Crippen LogP contribution >= 0.6 is 11.6 Å². The minimum atomic E-state index is -1.06. The fourth-order valence-electron chi connectivity index (χ4n) is 2.52. The number of nitrogens with one attached hydrogen (secondary N) is 1. The number of carbonyl (C=O) groups excluding carboxylic acids is 1. The molecule has 0 spiro atoms. The number of halogens is 3. The predicted molar refractivity (Wildman–Crippen MR) is 70.3 cm³/mol. The first-order chi connectivity index (χ1) is 8.97. The van der Waals surface area contributed by atoms with Gasteiger partial charge in [0.2, 0.25) is 0 Å². The Hall–Kier alpha value is -1.16. The third-order valence-electron chi connectivity index (χ3n) is 3.53. The third kappa shape index (κ3) is 3.44. The van der Waals surface area contributed by atoms with Gasteiger partial charge in [-0.2, -0.15) is 0 Å². The van der Waals surface area contributed by atoms with E-state index in [2.05, 4.69) is 12.2 Å². The Morgan fingerprint density at radius 3 is 2.68 bits per heavy atom. The van der Waals surface area contributed by atoms with Gasteiger partial charge in [-0.05, 0) is 30.9 Å². The van der Waals surface area contributed by atoms with Gasteiger partial charge in [-0.1, -0.05) is 31.4 Å². The topological polar surface area (TPSA) is 29.1 Å². The van der Waals surface area contributed by atoms with Crippen LogP contribution in [0.1, 0.15) is 43.0 Å². The molecule has 1 aliphatic carbocycles. The molecule has 1 aromatic rings. The van der Waals surface area contributed by atoms with Gasteiger partial charge in [0, 0.05) is 6.04 Å². The van der Waals surface area contributed by atoms with E-state index in [9.17, 15) is 13.6 Å². The molecule has 2 unspecified atom stereocenters. The van der Waals surface area contributed by atoms with Crippen LogP contribution in [-0.2, 0) is 0 Å². The lowest BCUT2D eigenvalue weighted by Crippen LogP contribution is -2.38. The van der Waals surface area contributed by atoms with Crippen molar-refractivity contribution in [3.63, 3.8) is 0 Å². The standard InChI is InChI=1S/C14H16ClF2NO/c1-8-3-2-4-9(5-8)18-14(19)10-6-12(16)13(17)7-11(10)15/h6-9H,2-5H2,1H3,(H,18,19). The molecule has 1 aliphatic rings. The molecule has 5 heteroatoms. The highest BCUT2D eigenvalue weighted by molar-refractivity contribution is 6.33. The summed E-state index contributed by atoms with van der Waals surface area (Å²) in [7, 11) is 0. The zero-order valence-corrected chi connectivity index (χ0v) is 11.4. The molecular formula is C14H16ClF2NO. The van der Waals surface area contributed by atoms with Gasteiger partial charge in [0.15, 0.2) is 11.6 Å². The van der Waals surface area contributed by atoms with E-state index in [4.69, 9.17) is 11.6 Å². The lowest BCUT2D eigenvalue weighted by Gasteiger charge is -2.27. The van der Waals surface area contributed by atoms with Crippen molar-refractivity contribution in [3.8, 4) is 0 Å². The maximum absolute atomic E-state index is 13.1. The first-order valence-electron chi connectivity index (χ1n) is 6.42. The van der Waals surface area contributed by atoms with Crippen molar-refractivity contribution in [2.24, 2.45) is 5.92 Å². The third-order valence-corrected chi connectivity index (χ3v) is 3.84. The average molecular weight is 288 g/mol. The van der Waals surface area contributed by atoms with Crippen molar-refractivity contribution in [2.75, 3.05) is 0 Å². The molecule has 0 bridgehead atoms. The van der Waals surface area contributed by atoms with Crippen molar-refractivity contribution in [1.29, 1.82) is 0 Å². The molecule has 1 N–H and O–H groups in total. The lowest BCUT2D eigenvalue weighted by molar-refractivity contribution is 0.0921. The van der Waals surface area contributed by atoms with Crippen LogP contribution in [0, 0.1) is 17.6 Å². The van der Waals surface area contributed by atoms with Crippen LogP contribution in [0.15, 0.2) is 12.1 Å². The first kappa shape index (κ1) is 14.3. The van der Waals surface area contributed by atoms with Crippen LogP contribution in [0.25, 0.3) is 0 Å². The number of rotatable bonds is 2. The Kier molecular flexibility index (Phi) is 4.40. The average Bonchev–Trinajstić information content (AvgIpc) is 2.33. The van der Waals surface area contributed by atoms with E-state index in [1.54, 1.807) is 0 Å². The zero-order valence-electron chi connectivity index (χ0n) is 10.7. The lowest BCUT2D eigenvalue weighted by atomic mass is 9.87. The number of carbonyl (C=O) groups is 1. The second-order valence-electron chi connectivity index (χ2n) is 5.19. The maximum atomic E-state index is 13.1. The van der Waals surface area contributed by atoms with E-state index in [1.807, 2.05) is 0 Å². The first-order valence-corrected chi connectivity index (χ1v) is 6.80. The van der Waals surface area contributed by atoms with E-state index in [0.717, 1.165) is 37.8 Å². The van der Waals surface area contributed by atoms with Gasteiger partial charge in [0.05, 0.1) is 10.6 Å². The van der Waals surface area contributed by atoms with Crippen LogP contribution in [0.4, 0.5) is 8.78 Å². The van der Waals surface area contributed by atoms with Gasteiger partial charge in [-0.3, -0.25) is 4.79 Å². The summed E-state index contributed by atoms with van der Waals surface area (Å²) in [6, 6.07) is 1.76. The van der Waals surface area contributed by atoms with E-state index in [-0.39, 0.29) is 16.6 Å². The minimum absolute atomic E-state index is 0.0150. The summed E-state index contributed by atoms with van der Waals surface area (Å²) in [6.07, 6.45) is 4.06. The maximum Gasteiger partial charge on any atom is 0.253 e. The zero-order chi connectivity index (χ0) is 14.0. The molecule has 0 radical (unpaired) electrons. The molecule has 2 nitrogen and oxygen atoms in total. The van der Waals surface area contributed by atoms with Gasteiger partial charge in [-0.15, -0.1) is 0 Å². The van der Waals surface area contributed by atoms with Crippen LogP contribution in [-0.4, -0.2) is 11.9 Å². The molecule has 19 heavy (non-hydrogen) atoms. The van der Waals surface area contributed by atoms with Crippen molar-refractivity contribution >= 4 is 17.5 Å². The van der Waals surface area contributed by atoms with Crippen LogP contribution in [0.2, 0.25) is 5.02 Å². The molecule has 104 valence electrons. The van der Waals surface area contributed by atoms with Gasteiger partial charge in [0.25, 0.3) is 5.91 Å². The molecule has 1 amide bonds. The highest BCUT2D eigenvalue weighted by Crippen LogP contribution is 2.25. The fourth-order valence-corrected chi connectivity index (χ4v) is 2.76. The molecule has 0 heterocycles. The van der Waals surface area contributed by atoms with E-state index in [0.29, 0.717) is 5.92 Å². The summed E-state index contributed by atoms with van der Waals surface area (Å²) in [5, 5.41) is 2.77. The number of benzene rings is 1. The highest BCUT2D eigenvalue weighted by Gasteiger charge is 2.22. The Bertz CT molecular complexity index is 493. The summed E-state index contributed by atoms with van der Waals surface area (Å²) in [5.41, 5.74) is -0.0150. The van der Waals surface area contributed by atoms with E-state index >= 15 is 0 Å². The number of amides is 1. The van der Waals surface area contributed by atoms with Crippen LogP contribution in [0.3, 0.4) is 0 Å². The molecule has 2 rings (SSSR count). The molecule has 1 aromatic carbocycles. The van der Waals surface area contributed by atoms with Gasteiger partial charge >= 0.3 is 0 Å². The van der Waals surface area contributed by atoms with Crippen LogP contribution in [0.5, 0.6) is 0 Å². The van der Waals surface area contributed by atoms with Gasteiger partial charge in [0.1, 0.15) is 0 Å². The molecule has 0 aliphatic heterocycles. The molecular weight excluding hydrogens is 272 g/mol. The second-order valence-corrected chi connectivity index (χ2v) is 5.60. The second kappa shape index (κ2) is 5.87. The van der Waals surface area contributed by atoms with E-state index in [1.165, 1.54) is 0 Å². The normalized spacial score (nSPS) is 23.2. The number of hydrogen-bond acceptors (Lipinski definition) is 1. The SMILES string of the molecule is CC1CCCC(NC(=O)c2cc(F)c(F)cc2Cl)C1. The number of hydrogen-bond donors (Lipinski definition) is 1. The largest absolute Gasteiger partial charge is 0.349 e. The Balaban J connectivity index is 2.09. The Morgan fingerprint density at radius 2 is 2.00 bits per heavy atom. The smallest absolute Gasteiger partial charge is 0.253 e. The Labute approximate surface area is 116 Å². The Morgan fingerprint density at radius 1 is 1.32 bits per heavy atom. The van der Waals surface area contributed by atoms with Gasteiger partial charge in [-0.25, -0.2) is 8.78 Å². The van der Waals surface area contributed by atoms with E-state index < -0.39 is 17.5 Å². The van der Waals surface area contributed by atoms with Crippen molar-refractivity contribution in [3.05, 3.63) is 34.4 Å². The highest BCUT2D eigenvalue weighted by atomic mass is 35.5. The minimum Gasteiger partial charge on any atom is -0.349 e. The summed E-state index contributed by atoms with van der Waals surface area (Å²) in [5.74, 6) is -1.98.